The quantitative estimate of drug-likeness (QED) is 0.918. The van der Waals surface area contributed by atoms with Crippen molar-refractivity contribution in [2.24, 2.45) is 0 Å². The predicted octanol–water partition coefficient (Wildman–Crippen LogP) is 2.30. The van der Waals surface area contributed by atoms with Gasteiger partial charge in [-0.1, -0.05) is 6.07 Å². The minimum Gasteiger partial charge on any atom is -0.496 e. The van der Waals surface area contributed by atoms with E-state index in [1.165, 1.54) is 0 Å². The molecule has 18 heavy (non-hydrogen) atoms. The lowest BCUT2D eigenvalue weighted by molar-refractivity contribution is 0.114. The third-order valence-electron chi connectivity index (χ3n) is 2.75. The van der Waals surface area contributed by atoms with E-state index in [1.54, 1.807) is 14.2 Å². The SMILES string of the molecule is COc1cccc(OC)c1[C@@H]1CCOC(=O)N1.Cl. The second kappa shape index (κ2) is 6.35. The number of halogens is 1. The highest BCUT2D eigenvalue weighted by Crippen LogP contribution is 2.36. The smallest absolute Gasteiger partial charge is 0.407 e. The minimum atomic E-state index is -0.408. The van der Waals surface area contributed by atoms with Gasteiger partial charge in [0.15, 0.2) is 0 Å². The second-order valence-electron chi connectivity index (χ2n) is 3.70. The normalized spacial score (nSPS) is 18.1. The fourth-order valence-corrected chi connectivity index (χ4v) is 1.97. The van der Waals surface area contributed by atoms with Crippen LogP contribution in [-0.2, 0) is 4.74 Å². The van der Waals surface area contributed by atoms with Gasteiger partial charge in [0, 0.05) is 6.42 Å². The molecule has 0 bridgehead atoms. The molecule has 0 unspecified atom stereocenters. The van der Waals surface area contributed by atoms with Crippen LogP contribution in [0.4, 0.5) is 4.79 Å². The maximum atomic E-state index is 11.2. The summed E-state index contributed by atoms with van der Waals surface area (Å²) in [7, 11) is 3.19. The summed E-state index contributed by atoms with van der Waals surface area (Å²) >= 11 is 0. The van der Waals surface area contributed by atoms with Crippen LogP contribution in [0.15, 0.2) is 18.2 Å². The van der Waals surface area contributed by atoms with Gasteiger partial charge in [-0.25, -0.2) is 4.79 Å². The van der Waals surface area contributed by atoms with Crippen molar-refractivity contribution in [1.82, 2.24) is 5.32 Å². The molecule has 1 saturated heterocycles. The molecule has 1 aromatic rings. The number of rotatable bonds is 3. The molecule has 1 amide bonds. The highest BCUT2D eigenvalue weighted by molar-refractivity contribution is 5.85. The van der Waals surface area contributed by atoms with E-state index < -0.39 is 6.09 Å². The maximum absolute atomic E-state index is 11.2. The highest BCUT2D eigenvalue weighted by Gasteiger charge is 2.26. The lowest BCUT2D eigenvalue weighted by atomic mass is 10.0. The first-order chi connectivity index (χ1) is 8.26. The van der Waals surface area contributed by atoms with Gasteiger partial charge in [-0.2, -0.15) is 0 Å². The van der Waals surface area contributed by atoms with Gasteiger partial charge < -0.3 is 19.5 Å². The predicted molar refractivity (Wildman–Crippen MR) is 68.6 cm³/mol. The zero-order valence-electron chi connectivity index (χ0n) is 10.3. The molecular formula is C12H16ClNO4. The molecule has 0 aromatic heterocycles. The summed E-state index contributed by atoms with van der Waals surface area (Å²) in [5.41, 5.74) is 0.856. The number of cyclic esters (lactones) is 1. The number of benzene rings is 1. The number of hydrogen-bond acceptors (Lipinski definition) is 4. The summed E-state index contributed by atoms with van der Waals surface area (Å²) in [5, 5.41) is 2.76. The molecule has 1 atom stereocenters. The van der Waals surface area contributed by atoms with Crippen LogP contribution in [0.25, 0.3) is 0 Å². The van der Waals surface area contributed by atoms with Crippen LogP contribution in [0.5, 0.6) is 11.5 Å². The van der Waals surface area contributed by atoms with Crippen molar-refractivity contribution in [1.29, 1.82) is 0 Å². The molecule has 1 heterocycles. The lowest BCUT2D eigenvalue weighted by Gasteiger charge is -2.26. The van der Waals surface area contributed by atoms with E-state index in [2.05, 4.69) is 5.32 Å². The number of amides is 1. The summed E-state index contributed by atoms with van der Waals surface area (Å²) in [6.07, 6.45) is 0.289. The molecule has 0 aliphatic carbocycles. The van der Waals surface area contributed by atoms with Crippen LogP contribution in [0.3, 0.4) is 0 Å². The minimum absolute atomic E-state index is 0. The zero-order valence-corrected chi connectivity index (χ0v) is 11.1. The van der Waals surface area contributed by atoms with Crippen LogP contribution < -0.4 is 14.8 Å². The molecule has 0 spiro atoms. The lowest BCUT2D eigenvalue weighted by Crippen LogP contribution is -2.35. The van der Waals surface area contributed by atoms with Crippen molar-refractivity contribution in [3.63, 3.8) is 0 Å². The van der Waals surface area contributed by atoms with E-state index in [9.17, 15) is 4.79 Å². The highest BCUT2D eigenvalue weighted by atomic mass is 35.5. The maximum Gasteiger partial charge on any atom is 0.407 e. The Bertz CT molecular complexity index is 402. The van der Waals surface area contributed by atoms with E-state index in [4.69, 9.17) is 14.2 Å². The van der Waals surface area contributed by atoms with Crippen LogP contribution >= 0.6 is 12.4 Å². The average molecular weight is 274 g/mol. The number of carbonyl (C=O) groups is 1. The van der Waals surface area contributed by atoms with Crippen molar-refractivity contribution in [2.45, 2.75) is 12.5 Å². The van der Waals surface area contributed by atoms with Gasteiger partial charge in [-0.3, -0.25) is 0 Å². The Morgan fingerprint density at radius 3 is 2.39 bits per heavy atom. The molecule has 100 valence electrons. The van der Waals surface area contributed by atoms with E-state index in [0.29, 0.717) is 24.5 Å². The molecule has 1 fully saturated rings. The van der Waals surface area contributed by atoms with E-state index in [1.807, 2.05) is 18.2 Å². The van der Waals surface area contributed by atoms with Crippen LogP contribution in [0.1, 0.15) is 18.0 Å². The van der Waals surface area contributed by atoms with Crippen LogP contribution in [0.2, 0.25) is 0 Å². The van der Waals surface area contributed by atoms with Gasteiger partial charge >= 0.3 is 6.09 Å². The fraction of sp³-hybridized carbons (Fsp3) is 0.417. The van der Waals surface area contributed by atoms with Gasteiger partial charge in [-0.05, 0) is 12.1 Å². The number of hydrogen-bond donors (Lipinski definition) is 1. The third-order valence-corrected chi connectivity index (χ3v) is 2.75. The molecule has 1 aromatic carbocycles. The van der Waals surface area contributed by atoms with E-state index in [0.717, 1.165) is 5.56 Å². The number of methoxy groups -OCH3 is 2. The molecule has 1 N–H and O–H groups in total. The number of nitrogens with one attached hydrogen (secondary N) is 1. The molecule has 0 saturated carbocycles. The van der Waals surface area contributed by atoms with Gasteiger partial charge in [0.2, 0.25) is 0 Å². The Morgan fingerprint density at radius 1 is 1.28 bits per heavy atom. The molecule has 1 aliphatic rings. The largest absolute Gasteiger partial charge is 0.496 e. The first kappa shape index (κ1) is 14.4. The molecule has 6 heteroatoms. The van der Waals surface area contributed by atoms with Crippen LogP contribution in [0, 0.1) is 0 Å². The van der Waals surface area contributed by atoms with E-state index in [-0.39, 0.29) is 18.4 Å². The molecule has 1 aliphatic heterocycles. The van der Waals surface area contributed by atoms with Gasteiger partial charge in [-0.15, -0.1) is 12.4 Å². The summed E-state index contributed by atoms with van der Waals surface area (Å²) < 4.78 is 15.5. The Balaban J connectivity index is 0.00000162. The Labute approximate surface area is 112 Å². The fourth-order valence-electron chi connectivity index (χ4n) is 1.97. The van der Waals surface area contributed by atoms with Crippen molar-refractivity contribution in [3.8, 4) is 11.5 Å². The summed E-state index contributed by atoms with van der Waals surface area (Å²) in [4.78, 5) is 11.2. The molecule has 5 nitrogen and oxygen atoms in total. The number of carbonyl (C=O) groups excluding carboxylic acids is 1. The van der Waals surface area contributed by atoms with Crippen molar-refractivity contribution < 1.29 is 19.0 Å². The Hall–Kier alpha value is -1.62. The first-order valence-electron chi connectivity index (χ1n) is 5.40. The monoisotopic (exact) mass is 273 g/mol. The van der Waals surface area contributed by atoms with Crippen molar-refractivity contribution >= 4 is 18.5 Å². The second-order valence-corrected chi connectivity index (χ2v) is 3.70. The Kier molecular flexibility index (Phi) is 5.09. The number of alkyl carbamates (subject to hydrolysis) is 1. The summed E-state index contributed by atoms with van der Waals surface area (Å²) in [6, 6.07) is 5.41. The molecule has 0 radical (unpaired) electrons. The van der Waals surface area contributed by atoms with E-state index >= 15 is 0 Å². The average Bonchev–Trinajstić information content (AvgIpc) is 2.37. The zero-order chi connectivity index (χ0) is 12.3. The van der Waals surface area contributed by atoms with Gasteiger partial charge in [0.05, 0.1) is 32.4 Å². The van der Waals surface area contributed by atoms with Gasteiger partial charge in [0.1, 0.15) is 11.5 Å². The topological polar surface area (TPSA) is 56.8 Å². The third kappa shape index (κ3) is 2.79. The van der Waals surface area contributed by atoms with Crippen molar-refractivity contribution in [3.05, 3.63) is 23.8 Å². The van der Waals surface area contributed by atoms with Crippen molar-refractivity contribution in [2.75, 3.05) is 20.8 Å². The Morgan fingerprint density at radius 2 is 1.89 bits per heavy atom. The summed E-state index contributed by atoms with van der Waals surface area (Å²) in [6.45, 7) is 0.400. The standard InChI is InChI=1S/C12H15NO4.ClH/c1-15-9-4-3-5-10(16-2)11(9)8-6-7-17-12(14)13-8;/h3-5,8H,6-7H2,1-2H3,(H,13,14);1H/t8-;/m0./s1. The summed E-state index contributed by atoms with van der Waals surface area (Å²) in [5.74, 6) is 1.41. The van der Waals surface area contributed by atoms with Crippen LogP contribution in [-0.4, -0.2) is 26.9 Å². The van der Waals surface area contributed by atoms with Gasteiger partial charge in [0.25, 0.3) is 0 Å². The first-order valence-corrected chi connectivity index (χ1v) is 5.40. The molecule has 2 rings (SSSR count). The number of ether oxygens (including phenoxy) is 3. The molecular weight excluding hydrogens is 258 g/mol.